The molecule has 1 aromatic rings. The minimum atomic E-state index is 0.0270. The van der Waals surface area contributed by atoms with Crippen LogP contribution in [0, 0.1) is 11.3 Å². The number of hydrogen-bond acceptors (Lipinski definition) is 4. The van der Waals surface area contributed by atoms with E-state index in [1.165, 1.54) is 19.3 Å². The van der Waals surface area contributed by atoms with E-state index in [0.29, 0.717) is 6.54 Å². The third-order valence-electron chi connectivity index (χ3n) is 5.24. The van der Waals surface area contributed by atoms with Gasteiger partial charge in [-0.25, -0.2) is 4.68 Å². The molecule has 1 saturated heterocycles. The van der Waals surface area contributed by atoms with Gasteiger partial charge < -0.3 is 4.90 Å². The van der Waals surface area contributed by atoms with E-state index >= 15 is 0 Å². The van der Waals surface area contributed by atoms with Crippen LogP contribution in [0.5, 0.6) is 0 Å². The van der Waals surface area contributed by atoms with Crippen molar-refractivity contribution in [3.05, 3.63) is 22.6 Å². The van der Waals surface area contributed by atoms with E-state index in [2.05, 4.69) is 29.6 Å². The number of nitrogens with zero attached hydrogens (tertiary/aromatic N) is 3. The zero-order valence-electron chi connectivity index (χ0n) is 12.8. The van der Waals surface area contributed by atoms with Crippen molar-refractivity contribution in [2.75, 3.05) is 23.7 Å². The van der Waals surface area contributed by atoms with Gasteiger partial charge in [0, 0.05) is 19.2 Å². The maximum atomic E-state index is 12.3. The van der Waals surface area contributed by atoms with Gasteiger partial charge >= 0.3 is 0 Å². The van der Waals surface area contributed by atoms with Crippen LogP contribution in [-0.4, -0.2) is 28.6 Å². The summed E-state index contributed by atoms with van der Waals surface area (Å²) < 4.78 is 1.63. The highest BCUT2D eigenvalue weighted by molar-refractivity contribution is 7.80. The summed E-state index contributed by atoms with van der Waals surface area (Å²) in [5, 5.41) is 4.42. The monoisotopic (exact) mass is 307 g/mol. The van der Waals surface area contributed by atoms with E-state index in [1.807, 2.05) is 6.20 Å². The summed E-state index contributed by atoms with van der Waals surface area (Å²) >= 11 is 4.46. The molecule has 21 heavy (non-hydrogen) atoms. The molecule has 0 unspecified atom stereocenters. The van der Waals surface area contributed by atoms with E-state index in [9.17, 15) is 4.79 Å². The summed E-state index contributed by atoms with van der Waals surface area (Å²) in [4.78, 5) is 14.6. The smallest absolute Gasteiger partial charge is 0.268 e. The van der Waals surface area contributed by atoms with Crippen LogP contribution < -0.4 is 10.5 Å². The maximum Gasteiger partial charge on any atom is 0.268 e. The highest BCUT2D eigenvalue weighted by atomic mass is 32.1. The number of thiol groups is 1. The number of aromatic nitrogens is 2. The van der Waals surface area contributed by atoms with E-state index in [4.69, 9.17) is 0 Å². The molecule has 1 aromatic heterocycles. The molecule has 0 aromatic carbocycles. The first kappa shape index (κ1) is 14.9. The van der Waals surface area contributed by atoms with Crippen molar-refractivity contribution >= 4 is 18.3 Å². The molecule has 0 spiro atoms. The first-order valence-corrected chi connectivity index (χ1v) is 8.68. The van der Waals surface area contributed by atoms with Gasteiger partial charge in [0.1, 0.15) is 0 Å². The SMILES string of the molecule is CC1CCN(c2cnn(CC3(CS)CCC3)c(=O)c2)CC1. The molecule has 1 aliphatic heterocycles. The Hall–Kier alpha value is -0.970. The van der Waals surface area contributed by atoms with Crippen LogP contribution in [-0.2, 0) is 6.54 Å². The lowest BCUT2D eigenvalue weighted by molar-refractivity contribution is 0.130. The molecule has 2 fully saturated rings. The molecule has 1 aliphatic carbocycles. The van der Waals surface area contributed by atoms with Gasteiger partial charge in [-0.3, -0.25) is 4.79 Å². The Morgan fingerprint density at radius 2 is 2.10 bits per heavy atom. The predicted octanol–water partition coefficient (Wildman–Crippen LogP) is 2.58. The molecule has 0 radical (unpaired) electrons. The Bertz CT molecular complexity index is 539. The molecule has 1 saturated carbocycles. The molecule has 0 atom stereocenters. The topological polar surface area (TPSA) is 38.1 Å². The van der Waals surface area contributed by atoms with E-state index in [1.54, 1.807) is 10.7 Å². The van der Waals surface area contributed by atoms with Gasteiger partial charge in [-0.15, -0.1) is 0 Å². The fourth-order valence-electron chi connectivity index (χ4n) is 3.34. The highest BCUT2D eigenvalue weighted by Gasteiger charge is 2.36. The lowest BCUT2D eigenvalue weighted by atomic mass is 9.70. The summed E-state index contributed by atoms with van der Waals surface area (Å²) in [5.41, 5.74) is 1.21. The first-order valence-electron chi connectivity index (χ1n) is 8.05. The minimum absolute atomic E-state index is 0.0270. The maximum absolute atomic E-state index is 12.3. The minimum Gasteiger partial charge on any atom is -0.370 e. The fraction of sp³-hybridized carbons (Fsp3) is 0.750. The van der Waals surface area contributed by atoms with Crippen molar-refractivity contribution in [1.29, 1.82) is 0 Å². The van der Waals surface area contributed by atoms with Crippen molar-refractivity contribution < 1.29 is 0 Å². The fourth-order valence-corrected chi connectivity index (χ4v) is 3.76. The number of anilines is 1. The van der Waals surface area contributed by atoms with Crippen LogP contribution in [0.2, 0.25) is 0 Å². The Morgan fingerprint density at radius 3 is 2.62 bits per heavy atom. The standard InChI is InChI=1S/C16H25N3OS/c1-13-3-7-18(8-4-13)14-9-15(20)19(17-10-14)11-16(12-21)5-2-6-16/h9-10,13,21H,2-8,11-12H2,1H3. The van der Waals surface area contributed by atoms with E-state index in [0.717, 1.165) is 43.3 Å². The van der Waals surface area contributed by atoms with Crippen LogP contribution >= 0.6 is 12.6 Å². The lowest BCUT2D eigenvalue weighted by Crippen LogP contribution is -2.40. The van der Waals surface area contributed by atoms with Crippen molar-refractivity contribution in [2.45, 2.75) is 45.6 Å². The zero-order valence-corrected chi connectivity index (χ0v) is 13.7. The van der Waals surface area contributed by atoms with Crippen LogP contribution in [0.1, 0.15) is 39.0 Å². The second-order valence-corrected chi connectivity index (χ2v) is 7.21. The summed E-state index contributed by atoms with van der Waals surface area (Å²) in [6, 6.07) is 1.76. The Kier molecular flexibility index (Phi) is 4.29. The van der Waals surface area contributed by atoms with E-state index < -0.39 is 0 Å². The quantitative estimate of drug-likeness (QED) is 0.869. The van der Waals surface area contributed by atoms with Gasteiger partial charge in [-0.2, -0.15) is 17.7 Å². The molecule has 116 valence electrons. The molecule has 2 heterocycles. The van der Waals surface area contributed by atoms with Gasteiger partial charge in [0.15, 0.2) is 0 Å². The second kappa shape index (κ2) is 6.03. The molecule has 0 amide bonds. The number of hydrogen-bond donors (Lipinski definition) is 1. The summed E-state index contributed by atoms with van der Waals surface area (Å²) in [6.07, 6.45) is 7.84. The summed E-state index contributed by atoms with van der Waals surface area (Å²) in [7, 11) is 0. The molecule has 0 N–H and O–H groups in total. The molecular weight excluding hydrogens is 282 g/mol. The molecular formula is C16H25N3OS. The summed E-state index contributed by atoms with van der Waals surface area (Å²) in [5.74, 6) is 1.64. The van der Waals surface area contributed by atoms with Crippen LogP contribution in [0.15, 0.2) is 17.1 Å². The average Bonchev–Trinajstić information content (AvgIpc) is 2.45. The molecule has 0 bridgehead atoms. The van der Waals surface area contributed by atoms with Crippen molar-refractivity contribution in [3.8, 4) is 0 Å². The van der Waals surface area contributed by atoms with Crippen molar-refractivity contribution in [3.63, 3.8) is 0 Å². The average molecular weight is 307 g/mol. The van der Waals surface area contributed by atoms with Crippen molar-refractivity contribution in [1.82, 2.24) is 9.78 Å². The molecule has 3 rings (SSSR count). The molecule has 4 nitrogen and oxygen atoms in total. The van der Waals surface area contributed by atoms with Crippen LogP contribution in [0.25, 0.3) is 0 Å². The van der Waals surface area contributed by atoms with Gasteiger partial charge in [0.25, 0.3) is 5.56 Å². The molecule has 2 aliphatic rings. The van der Waals surface area contributed by atoms with Gasteiger partial charge in [-0.05, 0) is 42.8 Å². The second-order valence-electron chi connectivity index (χ2n) is 6.89. The third-order valence-corrected chi connectivity index (χ3v) is 5.91. The Balaban J connectivity index is 1.72. The third kappa shape index (κ3) is 3.12. The lowest BCUT2D eigenvalue weighted by Gasteiger charge is -2.40. The highest BCUT2D eigenvalue weighted by Crippen LogP contribution is 2.42. The number of piperidine rings is 1. The Labute approximate surface area is 131 Å². The summed E-state index contributed by atoms with van der Waals surface area (Å²) in [6.45, 7) is 5.08. The van der Waals surface area contributed by atoms with E-state index in [-0.39, 0.29) is 11.0 Å². The van der Waals surface area contributed by atoms with Gasteiger partial charge in [0.05, 0.1) is 18.4 Å². The normalized spacial score (nSPS) is 22.1. The largest absolute Gasteiger partial charge is 0.370 e. The Morgan fingerprint density at radius 1 is 1.38 bits per heavy atom. The predicted molar refractivity (Wildman–Crippen MR) is 89.2 cm³/mol. The molecule has 5 heteroatoms. The zero-order chi connectivity index (χ0) is 14.9. The van der Waals surface area contributed by atoms with Gasteiger partial charge in [-0.1, -0.05) is 13.3 Å². The van der Waals surface area contributed by atoms with Crippen molar-refractivity contribution in [2.24, 2.45) is 11.3 Å². The van der Waals surface area contributed by atoms with Gasteiger partial charge in [0.2, 0.25) is 0 Å². The van der Waals surface area contributed by atoms with Crippen LogP contribution in [0.4, 0.5) is 5.69 Å². The first-order chi connectivity index (χ1) is 10.1. The number of rotatable bonds is 4. The van der Waals surface area contributed by atoms with Crippen LogP contribution in [0.3, 0.4) is 0 Å².